The first-order valence-corrected chi connectivity index (χ1v) is 4.48. The van der Waals surface area contributed by atoms with E-state index in [0.29, 0.717) is 5.15 Å². The number of nitrogens with one attached hydrogen (secondary N) is 1. The van der Waals surface area contributed by atoms with Gasteiger partial charge in [-0.1, -0.05) is 11.6 Å². The number of hydrogen-bond acceptors (Lipinski definition) is 1. The summed E-state index contributed by atoms with van der Waals surface area (Å²) in [5, 5.41) is 10.2. The first-order valence-electron chi connectivity index (χ1n) is 4.10. The van der Waals surface area contributed by atoms with Gasteiger partial charge in [0.2, 0.25) is 0 Å². The van der Waals surface area contributed by atoms with Crippen molar-refractivity contribution in [3.8, 4) is 0 Å². The van der Waals surface area contributed by atoms with Gasteiger partial charge in [-0.15, -0.1) is 0 Å². The quantitative estimate of drug-likeness (QED) is 0.759. The number of fused-ring (bicyclic) bond motifs is 1. The van der Waals surface area contributed by atoms with Crippen LogP contribution < -0.4 is 0 Å². The summed E-state index contributed by atoms with van der Waals surface area (Å²) < 4.78 is 0. The molecule has 0 spiro atoms. The maximum atomic E-state index is 10.8. The molecule has 14 heavy (non-hydrogen) atoms. The minimum Gasteiger partial charge on any atom is -0.478 e. The highest BCUT2D eigenvalue weighted by atomic mass is 35.5. The van der Waals surface area contributed by atoms with Crippen LogP contribution in [0.5, 0.6) is 0 Å². The monoisotopic (exact) mass is 209 g/mol. The maximum absolute atomic E-state index is 10.8. The predicted molar refractivity (Wildman–Crippen MR) is 55.0 cm³/mol. The number of H-pyrrole nitrogens is 1. The average Bonchev–Trinajstić information content (AvgIpc) is 2.45. The van der Waals surface area contributed by atoms with Crippen LogP contribution in [0.1, 0.15) is 15.9 Å². The van der Waals surface area contributed by atoms with Gasteiger partial charge in [0.1, 0.15) is 5.15 Å². The van der Waals surface area contributed by atoms with Crippen LogP contribution in [0.2, 0.25) is 5.15 Å². The smallest absolute Gasteiger partial charge is 0.335 e. The lowest BCUT2D eigenvalue weighted by Gasteiger charge is -1.98. The fourth-order valence-electron chi connectivity index (χ4n) is 1.51. The van der Waals surface area contributed by atoms with Crippen LogP contribution in [0.15, 0.2) is 18.2 Å². The first kappa shape index (κ1) is 9.09. The van der Waals surface area contributed by atoms with Crippen LogP contribution in [0.25, 0.3) is 10.9 Å². The van der Waals surface area contributed by atoms with E-state index in [4.69, 9.17) is 16.7 Å². The molecule has 0 radical (unpaired) electrons. The summed E-state index contributed by atoms with van der Waals surface area (Å²) >= 11 is 5.78. The number of aromatic nitrogens is 1. The van der Waals surface area contributed by atoms with E-state index in [-0.39, 0.29) is 5.56 Å². The Bertz CT molecular complexity index is 516. The molecule has 2 N–H and O–H groups in total. The number of rotatable bonds is 1. The van der Waals surface area contributed by atoms with Gasteiger partial charge in [0.05, 0.1) is 5.56 Å². The lowest BCUT2D eigenvalue weighted by atomic mass is 10.1. The second-order valence-electron chi connectivity index (χ2n) is 3.18. The molecule has 72 valence electrons. The van der Waals surface area contributed by atoms with Crippen molar-refractivity contribution in [2.24, 2.45) is 0 Å². The molecule has 0 aliphatic heterocycles. The number of carbonyl (C=O) groups is 1. The highest BCUT2D eigenvalue weighted by Crippen LogP contribution is 2.23. The average molecular weight is 210 g/mol. The zero-order valence-electron chi connectivity index (χ0n) is 7.47. The van der Waals surface area contributed by atoms with Crippen LogP contribution in [-0.2, 0) is 0 Å². The lowest BCUT2D eigenvalue weighted by molar-refractivity contribution is 0.0697. The summed E-state index contributed by atoms with van der Waals surface area (Å²) in [4.78, 5) is 13.7. The predicted octanol–water partition coefficient (Wildman–Crippen LogP) is 2.83. The number of hydrogen-bond donors (Lipinski definition) is 2. The van der Waals surface area contributed by atoms with Gasteiger partial charge in [-0.05, 0) is 30.7 Å². The number of aromatic amines is 1. The lowest BCUT2D eigenvalue weighted by Crippen LogP contribution is -1.96. The van der Waals surface area contributed by atoms with Gasteiger partial charge < -0.3 is 10.1 Å². The molecule has 1 aromatic heterocycles. The molecule has 3 nitrogen and oxygen atoms in total. The van der Waals surface area contributed by atoms with Crippen molar-refractivity contribution in [3.63, 3.8) is 0 Å². The molecule has 0 aliphatic rings. The van der Waals surface area contributed by atoms with E-state index < -0.39 is 5.97 Å². The second kappa shape index (κ2) is 3.03. The summed E-state index contributed by atoms with van der Waals surface area (Å²) in [6.45, 7) is 1.85. The van der Waals surface area contributed by atoms with Crippen molar-refractivity contribution in [1.29, 1.82) is 0 Å². The van der Waals surface area contributed by atoms with Crippen LogP contribution in [-0.4, -0.2) is 16.1 Å². The normalized spacial score (nSPS) is 10.7. The first-order chi connectivity index (χ1) is 6.58. The third-order valence-corrected chi connectivity index (χ3v) is 2.34. The molecule has 0 saturated carbocycles. The Morgan fingerprint density at radius 2 is 2.14 bits per heavy atom. The minimum absolute atomic E-state index is 0.283. The number of aryl methyl sites for hydroxylation is 1. The standard InChI is InChI=1S/C10H8ClNO2/c1-5-2-7(10(13)14)3-6-4-8(11)12-9(5)6/h2-4,12H,1H3,(H,13,14). The van der Waals surface area contributed by atoms with Gasteiger partial charge in [0.15, 0.2) is 0 Å². The van der Waals surface area contributed by atoms with Crippen LogP contribution >= 0.6 is 11.6 Å². The Labute approximate surface area is 85.3 Å². The van der Waals surface area contributed by atoms with E-state index in [0.717, 1.165) is 16.5 Å². The number of carboxylic acid groups (broad SMARTS) is 1. The van der Waals surface area contributed by atoms with Gasteiger partial charge in [0, 0.05) is 10.9 Å². The van der Waals surface area contributed by atoms with Crippen LogP contribution in [0, 0.1) is 6.92 Å². The molecule has 2 aromatic rings. The van der Waals surface area contributed by atoms with E-state index in [1.54, 1.807) is 18.2 Å². The molecular weight excluding hydrogens is 202 g/mol. The van der Waals surface area contributed by atoms with Crippen molar-refractivity contribution in [2.45, 2.75) is 6.92 Å². The van der Waals surface area contributed by atoms with Crippen molar-refractivity contribution in [3.05, 3.63) is 34.5 Å². The third kappa shape index (κ3) is 1.36. The minimum atomic E-state index is -0.924. The van der Waals surface area contributed by atoms with Crippen molar-refractivity contribution in [1.82, 2.24) is 4.98 Å². The molecule has 0 unspecified atom stereocenters. The molecule has 0 amide bonds. The van der Waals surface area contributed by atoms with Gasteiger partial charge in [-0.3, -0.25) is 0 Å². The zero-order valence-corrected chi connectivity index (χ0v) is 8.22. The van der Waals surface area contributed by atoms with Crippen molar-refractivity contribution in [2.75, 3.05) is 0 Å². The second-order valence-corrected chi connectivity index (χ2v) is 3.59. The topological polar surface area (TPSA) is 53.1 Å². The molecule has 0 atom stereocenters. The van der Waals surface area contributed by atoms with Crippen molar-refractivity contribution >= 4 is 28.5 Å². The Kier molecular flexibility index (Phi) is 1.97. The molecule has 2 rings (SSSR count). The SMILES string of the molecule is Cc1cc(C(=O)O)cc2cc(Cl)[nH]c12. The van der Waals surface area contributed by atoms with Gasteiger partial charge in [-0.25, -0.2) is 4.79 Å². The number of halogens is 1. The summed E-state index contributed by atoms with van der Waals surface area (Å²) in [6.07, 6.45) is 0. The van der Waals surface area contributed by atoms with E-state index in [2.05, 4.69) is 4.98 Å². The fourth-order valence-corrected chi connectivity index (χ4v) is 1.73. The maximum Gasteiger partial charge on any atom is 0.335 e. The van der Waals surface area contributed by atoms with Crippen LogP contribution in [0.4, 0.5) is 0 Å². The van der Waals surface area contributed by atoms with Crippen LogP contribution in [0.3, 0.4) is 0 Å². The van der Waals surface area contributed by atoms with E-state index in [9.17, 15) is 4.79 Å². The molecule has 4 heteroatoms. The molecular formula is C10H8ClNO2. The fraction of sp³-hybridized carbons (Fsp3) is 0.100. The summed E-state index contributed by atoms with van der Waals surface area (Å²) in [7, 11) is 0. The Hall–Kier alpha value is -1.48. The highest BCUT2D eigenvalue weighted by molar-refractivity contribution is 6.30. The van der Waals surface area contributed by atoms with Crippen molar-refractivity contribution < 1.29 is 9.90 Å². The third-order valence-electron chi connectivity index (χ3n) is 2.14. The molecule has 0 saturated heterocycles. The van der Waals surface area contributed by atoms with E-state index >= 15 is 0 Å². The molecule has 0 aliphatic carbocycles. The summed E-state index contributed by atoms with van der Waals surface area (Å²) in [6, 6.07) is 4.95. The van der Waals surface area contributed by atoms with Gasteiger partial charge in [0.25, 0.3) is 0 Å². The molecule has 1 heterocycles. The summed E-state index contributed by atoms with van der Waals surface area (Å²) in [5.74, 6) is -0.924. The van der Waals surface area contributed by atoms with Gasteiger partial charge in [-0.2, -0.15) is 0 Å². The molecule has 1 aromatic carbocycles. The Morgan fingerprint density at radius 1 is 1.43 bits per heavy atom. The largest absolute Gasteiger partial charge is 0.478 e. The Morgan fingerprint density at radius 3 is 2.79 bits per heavy atom. The van der Waals surface area contributed by atoms with Gasteiger partial charge >= 0.3 is 5.97 Å². The zero-order chi connectivity index (χ0) is 10.3. The summed E-state index contributed by atoms with van der Waals surface area (Å²) in [5.41, 5.74) is 2.05. The van der Waals surface area contributed by atoms with E-state index in [1.165, 1.54) is 0 Å². The molecule has 0 fully saturated rings. The molecule has 0 bridgehead atoms. The Balaban J connectivity index is 2.77. The number of aromatic carboxylic acids is 1. The number of carboxylic acids is 1. The highest BCUT2D eigenvalue weighted by Gasteiger charge is 2.08. The number of benzene rings is 1. The van der Waals surface area contributed by atoms with E-state index in [1.807, 2.05) is 6.92 Å².